The van der Waals surface area contributed by atoms with Crippen LogP contribution in [0.1, 0.15) is 19.8 Å². The average molecular weight is 286 g/mol. The largest absolute Gasteiger partial charge is 0.357 e. The van der Waals surface area contributed by atoms with E-state index in [0.717, 1.165) is 0 Å². The smallest absolute Gasteiger partial charge is 0.220 e. The van der Waals surface area contributed by atoms with Gasteiger partial charge in [-0.2, -0.15) is 0 Å². The fraction of sp³-hybridized carbons (Fsp3) is 0.667. The highest BCUT2D eigenvalue weighted by atomic mass is 16.2. The zero-order chi connectivity index (χ0) is 15.2. The Morgan fingerprint density at radius 2 is 1.25 bits per heavy atom. The van der Waals surface area contributed by atoms with Crippen LogP contribution >= 0.6 is 0 Å². The fourth-order valence-corrected chi connectivity index (χ4v) is 1.52. The molecule has 0 bridgehead atoms. The quantitative estimate of drug-likeness (QED) is 0.248. The van der Waals surface area contributed by atoms with Crippen molar-refractivity contribution in [2.24, 2.45) is 5.92 Å². The molecule has 8 heteroatoms. The van der Waals surface area contributed by atoms with E-state index >= 15 is 0 Å². The van der Waals surface area contributed by atoms with Crippen LogP contribution in [0.5, 0.6) is 0 Å². The second kappa shape index (κ2) is 11.9. The highest BCUT2D eigenvalue weighted by Crippen LogP contribution is 2.06. The molecule has 0 aliphatic rings. The van der Waals surface area contributed by atoms with E-state index in [1.54, 1.807) is 0 Å². The predicted octanol–water partition coefficient (Wildman–Crippen LogP) is -1.87. The molecule has 0 saturated heterocycles. The molecule has 0 atom stereocenters. The van der Waals surface area contributed by atoms with E-state index in [1.807, 2.05) is 6.92 Å². The molecule has 0 spiro atoms. The van der Waals surface area contributed by atoms with Gasteiger partial charge < -0.3 is 21.3 Å². The average Bonchev–Trinajstić information content (AvgIpc) is 2.39. The summed E-state index contributed by atoms with van der Waals surface area (Å²) in [6.07, 6.45) is 1.64. The van der Waals surface area contributed by atoms with E-state index in [4.69, 9.17) is 0 Å². The zero-order valence-corrected chi connectivity index (χ0v) is 11.6. The third-order valence-electron chi connectivity index (χ3n) is 2.42. The number of hydrogen-bond acceptors (Lipinski definition) is 4. The van der Waals surface area contributed by atoms with Crippen LogP contribution in [0.4, 0.5) is 0 Å². The summed E-state index contributed by atoms with van der Waals surface area (Å²) in [4.78, 5) is 42.9. The van der Waals surface area contributed by atoms with Gasteiger partial charge in [0.05, 0.1) is 0 Å². The minimum Gasteiger partial charge on any atom is -0.357 e. The van der Waals surface area contributed by atoms with Gasteiger partial charge in [0.15, 0.2) is 0 Å². The molecule has 4 N–H and O–H groups in total. The molecule has 0 fully saturated rings. The summed E-state index contributed by atoms with van der Waals surface area (Å²) < 4.78 is 0. The van der Waals surface area contributed by atoms with E-state index in [-0.39, 0.29) is 30.6 Å². The summed E-state index contributed by atoms with van der Waals surface area (Å²) in [7, 11) is 0. The van der Waals surface area contributed by atoms with Gasteiger partial charge in [0.1, 0.15) is 0 Å². The van der Waals surface area contributed by atoms with Crippen LogP contribution in [-0.4, -0.2) is 50.8 Å². The first kappa shape index (κ1) is 17.9. The van der Waals surface area contributed by atoms with E-state index < -0.39 is 0 Å². The molecular formula is C12H22N4O4. The molecule has 0 radical (unpaired) electrons. The zero-order valence-electron chi connectivity index (χ0n) is 11.6. The predicted molar refractivity (Wildman–Crippen MR) is 72.6 cm³/mol. The summed E-state index contributed by atoms with van der Waals surface area (Å²) in [5.74, 6) is -0.380. The molecule has 0 unspecified atom stereocenters. The Morgan fingerprint density at radius 3 is 1.60 bits per heavy atom. The van der Waals surface area contributed by atoms with Gasteiger partial charge in [0.25, 0.3) is 0 Å². The van der Waals surface area contributed by atoms with Crippen LogP contribution in [0.15, 0.2) is 0 Å². The van der Waals surface area contributed by atoms with Crippen LogP contribution in [-0.2, 0) is 19.2 Å². The first-order chi connectivity index (χ1) is 9.60. The lowest BCUT2D eigenvalue weighted by molar-refractivity contribution is -0.124. The van der Waals surface area contributed by atoms with Crippen molar-refractivity contribution in [3.05, 3.63) is 0 Å². The summed E-state index contributed by atoms with van der Waals surface area (Å²) in [5, 5.41) is 10.1. The number of amides is 4. The molecule has 0 rings (SSSR count). The van der Waals surface area contributed by atoms with Gasteiger partial charge in [-0.25, -0.2) is 0 Å². The van der Waals surface area contributed by atoms with Crippen molar-refractivity contribution in [1.82, 2.24) is 21.3 Å². The molecule has 0 aliphatic carbocycles. The van der Waals surface area contributed by atoms with Crippen molar-refractivity contribution in [2.75, 3.05) is 26.2 Å². The van der Waals surface area contributed by atoms with Gasteiger partial charge in [-0.15, -0.1) is 0 Å². The topological polar surface area (TPSA) is 116 Å². The van der Waals surface area contributed by atoms with Crippen molar-refractivity contribution in [1.29, 1.82) is 0 Å². The lowest BCUT2D eigenvalue weighted by Crippen LogP contribution is -2.34. The number of nitrogens with one attached hydrogen (secondary N) is 4. The third-order valence-corrected chi connectivity index (χ3v) is 2.42. The maximum atomic E-state index is 11.5. The molecule has 0 aromatic heterocycles. The lowest BCUT2D eigenvalue weighted by Gasteiger charge is -2.11. The third kappa shape index (κ3) is 11.0. The standard InChI is InChI=1S/C12H22N4O4/c1-10(6-11(19)15-4-2-13-8-17)7-12(20)16-5-3-14-9-18/h8-10H,2-7H2,1H3,(H,13,17)(H,14,18)(H,15,19)(H,16,20). The van der Waals surface area contributed by atoms with Crippen LogP contribution in [0.25, 0.3) is 0 Å². The Bertz CT molecular complexity index is 293. The second-order valence-corrected chi connectivity index (χ2v) is 4.36. The van der Waals surface area contributed by atoms with Crippen molar-refractivity contribution in [3.8, 4) is 0 Å². The monoisotopic (exact) mass is 286 g/mol. The molecule has 8 nitrogen and oxygen atoms in total. The van der Waals surface area contributed by atoms with Crippen LogP contribution < -0.4 is 21.3 Å². The molecule has 0 aromatic carbocycles. The van der Waals surface area contributed by atoms with Crippen molar-refractivity contribution < 1.29 is 19.2 Å². The van der Waals surface area contributed by atoms with Crippen LogP contribution in [0.3, 0.4) is 0 Å². The molecule has 4 amide bonds. The Kier molecular flexibility index (Phi) is 10.7. The van der Waals surface area contributed by atoms with Crippen molar-refractivity contribution >= 4 is 24.6 Å². The van der Waals surface area contributed by atoms with Gasteiger partial charge in [-0.3, -0.25) is 19.2 Å². The summed E-state index contributed by atoms with van der Waals surface area (Å²) in [6, 6.07) is 0. The van der Waals surface area contributed by atoms with Crippen molar-refractivity contribution in [2.45, 2.75) is 19.8 Å². The lowest BCUT2D eigenvalue weighted by atomic mass is 10.0. The number of carbonyl (C=O) groups is 4. The molecule has 114 valence electrons. The molecular weight excluding hydrogens is 264 g/mol. The van der Waals surface area contributed by atoms with Gasteiger partial charge in [-0.1, -0.05) is 6.92 Å². The van der Waals surface area contributed by atoms with Gasteiger partial charge in [0.2, 0.25) is 24.6 Å². The van der Waals surface area contributed by atoms with E-state index in [1.165, 1.54) is 0 Å². The maximum Gasteiger partial charge on any atom is 0.220 e. The number of carbonyl (C=O) groups excluding carboxylic acids is 4. The first-order valence-electron chi connectivity index (χ1n) is 6.47. The Balaban J connectivity index is 3.66. The Hall–Kier alpha value is -2.12. The second-order valence-electron chi connectivity index (χ2n) is 4.36. The van der Waals surface area contributed by atoms with E-state index in [2.05, 4.69) is 21.3 Å². The summed E-state index contributed by atoms with van der Waals surface area (Å²) in [5.41, 5.74) is 0. The minimum atomic E-state index is -0.152. The maximum absolute atomic E-state index is 11.5. The SMILES string of the molecule is CC(CC(=O)NCCNC=O)CC(=O)NCCNC=O. The Labute approximate surface area is 118 Å². The van der Waals surface area contributed by atoms with E-state index in [0.29, 0.717) is 39.0 Å². The number of rotatable bonds is 12. The van der Waals surface area contributed by atoms with Gasteiger partial charge in [-0.05, 0) is 5.92 Å². The van der Waals surface area contributed by atoms with Crippen molar-refractivity contribution in [3.63, 3.8) is 0 Å². The normalized spacial score (nSPS) is 9.70. The molecule has 0 aromatic rings. The van der Waals surface area contributed by atoms with Crippen LogP contribution in [0.2, 0.25) is 0 Å². The molecule has 0 saturated carbocycles. The highest BCUT2D eigenvalue weighted by Gasteiger charge is 2.12. The minimum absolute atomic E-state index is 0.0759. The van der Waals surface area contributed by atoms with Gasteiger partial charge >= 0.3 is 0 Å². The first-order valence-corrected chi connectivity index (χ1v) is 6.47. The van der Waals surface area contributed by atoms with Crippen LogP contribution in [0, 0.1) is 5.92 Å². The summed E-state index contributed by atoms with van der Waals surface area (Å²) in [6.45, 7) is 3.32. The summed E-state index contributed by atoms with van der Waals surface area (Å²) >= 11 is 0. The molecule has 0 heterocycles. The Morgan fingerprint density at radius 1 is 0.850 bits per heavy atom. The fourth-order valence-electron chi connectivity index (χ4n) is 1.52. The molecule has 0 aliphatic heterocycles. The van der Waals surface area contributed by atoms with Gasteiger partial charge in [0, 0.05) is 39.0 Å². The number of hydrogen-bond donors (Lipinski definition) is 4. The highest BCUT2D eigenvalue weighted by molar-refractivity contribution is 5.79. The van der Waals surface area contributed by atoms with E-state index in [9.17, 15) is 19.2 Å². The molecule has 20 heavy (non-hydrogen) atoms.